The van der Waals surface area contributed by atoms with Gasteiger partial charge in [0.25, 0.3) is 0 Å². The van der Waals surface area contributed by atoms with Crippen molar-refractivity contribution in [2.24, 2.45) is 0 Å². The van der Waals surface area contributed by atoms with Crippen molar-refractivity contribution in [2.45, 2.75) is 18.5 Å². The highest BCUT2D eigenvalue weighted by Gasteiger charge is 2.20. The van der Waals surface area contributed by atoms with Gasteiger partial charge in [-0.2, -0.15) is 0 Å². The van der Waals surface area contributed by atoms with Crippen molar-refractivity contribution in [3.8, 4) is 0 Å². The summed E-state index contributed by atoms with van der Waals surface area (Å²) in [5, 5.41) is 7.30. The van der Waals surface area contributed by atoms with Crippen molar-refractivity contribution < 1.29 is 0 Å². The molecule has 2 heteroatoms. The predicted molar refractivity (Wildman–Crippen MR) is 79.1 cm³/mol. The monoisotopic (exact) mass is 252 g/mol. The summed E-state index contributed by atoms with van der Waals surface area (Å²) in [6.07, 6.45) is 1.09. The van der Waals surface area contributed by atoms with Crippen LogP contribution in [0.2, 0.25) is 0 Å². The molecule has 0 aliphatic carbocycles. The molecule has 2 atom stereocenters. The summed E-state index contributed by atoms with van der Waals surface area (Å²) < 4.78 is 0. The molecule has 0 bridgehead atoms. The van der Waals surface area contributed by atoms with Gasteiger partial charge in [-0.05, 0) is 17.5 Å². The van der Waals surface area contributed by atoms with E-state index < -0.39 is 0 Å². The Kier molecular flexibility index (Phi) is 3.92. The largest absolute Gasteiger partial charge is 0.310 e. The summed E-state index contributed by atoms with van der Waals surface area (Å²) in [5.41, 5.74) is 2.77. The average Bonchev–Trinajstić information content (AvgIpc) is 2.50. The molecule has 0 radical (unpaired) electrons. The first-order valence-corrected chi connectivity index (χ1v) is 6.97. The molecule has 2 aromatic carbocycles. The van der Waals surface area contributed by atoms with Gasteiger partial charge in [-0.25, -0.2) is 0 Å². The standard InChI is InChI=1S/C17H20N2/c1-3-7-14(8-4-1)11-16-12-19-17(13-18-16)15-9-5-2-6-10-15/h1-10,16-19H,11-13H2. The second kappa shape index (κ2) is 6.00. The van der Waals surface area contributed by atoms with E-state index in [0.717, 1.165) is 19.5 Å². The Morgan fingerprint density at radius 1 is 0.789 bits per heavy atom. The van der Waals surface area contributed by atoms with E-state index in [9.17, 15) is 0 Å². The molecule has 1 saturated heterocycles. The van der Waals surface area contributed by atoms with Crippen LogP contribution in [0, 0.1) is 0 Å². The van der Waals surface area contributed by atoms with Gasteiger partial charge >= 0.3 is 0 Å². The summed E-state index contributed by atoms with van der Waals surface area (Å²) in [6.45, 7) is 2.02. The maximum absolute atomic E-state index is 3.65. The smallest absolute Gasteiger partial charge is 0.0447 e. The number of rotatable bonds is 3. The highest BCUT2D eigenvalue weighted by Crippen LogP contribution is 2.15. The Labute approximate surface area is 114 Å². The molecule has 1 heterocycles. The molecule has 0 spiro atoms. The highest BCUT2D eigenvalue weighted by atomic mass is 15.1. The molecule has 19 heavy (non-hydrogen) atoms. The molecule has 2 aromatic rings. The van der Waals surface area contributed by atoms with Crippen LogP contribution >= 0.6 is 0 Å². The van der Waals surface area contributed by atoms with Crippen molar-refractivity contribution in [3.05, 3.63) is 71.8 Å². The molecule has 0 aromatic heterocycles. The van der Waals surface area contributed by atoms with E-state index >= 15 is 0 Å². The van der Waals surface area contributed by atoms with Crippen LogP contribution in [0.4, 0.5) is 0 Å². The van der Waals surface area contributed by atoms with E-state index in [1.807, 2.05) is 0 Å². The van der Waals surface area contributed by atoms with Crippen molar-refractivity contribution in [1.29, 1.82) is 0 Å². The van der Waals surface area contributed by atoms with Crippen LogP contribution < -0.4 is 10.6 Å². The Morgan fingerprint density at radius 2 is 1.47 bits per heavy atom. The van der Waals surface area contributed by atoms with Gasteiger partial charge in [0.05, 0.1) is 0 Å². The Morgan fingerprint density at radius 3 is 2.11 bits per heavy atom. The number of hydrogen-bond donors (Lipinski definition) is 2. The fourth-order valence-corrected chi connectivity index (χ4v) is 2.68. The minimum atomic E-state index is 0.438. The molecule has 98 valence electrons. The maximum Gasteiger partial charge on any atom is 0.0447 e. The Hall–Kier alpha value is -1.64. The number of piperazine rings is 1. The molecule has 0 amide bonds. The van der Waals surface area contributed by atoms with Gasteiger partial charge in [-0.15, -0.1) is 0 Å². The first-order chi connectivity index (χ1) is 9.42. The summed E-state index contributed by atoms with van der Waals surface area (Å²) in [4.78, 5) is 0. The molecule has 2 nitrogen and oxygen atoms in total. The van der Waals surface area contributed by atoms with Crippen LogP contribution in [-0.2, 0) is 6.42 Å². The van der Waals surface area contributed by atoms with E-state index in [-0.39, 0.29) is 0 Å². The molecule has 1 aliphatic rings. The van der Waals surface area contributed by atoms with Gasteiger partial charge in [0, 0.05) is 25.2 Å². The fourth-order valence-electron chi connectivity index (χ4n) is 2.68. The van der Waals surface area contributed by atoms with Gasteiger partial charge < -0.3 is 10.6 Å². The molecule has 3 rings (SSSR count). The summed E-state index contributed by atoms with van der Waals surface area (Å²) in [6, 6.07) is 22.3. The third kappa shape index (κ3) is 3.22. The highest BCUT2D eigenvalue weighted by molar-refractivity contribution is 5.21. The normalized spacial score (nSPS) is 23.2. The third-order valence-corrected chi connectivity index (χ3v) is 3.75. The van der Waals surface area contributed by atoms with Crippen LogP contribution in [0.15, 0.2) is 60.7 Å². The maximum atomic E-state index is 3.65. The van der Waals surface area contributed by atoms with Crippen LogP contribution in [0.25, 0.3) is 0 Å². The Bertz CT molecular complexity index is 487. The fraction of sp³-hybridized carbons (Fsp3) is 0.294. The van der Waals surface area contributed by atoms with E-state index in [4.69, 9.17) is 0 Å². The number of benzene rings is 2. The average molecular weight is 252 g/mol. The molecular weight excluding hydrogens is 232 g/mol. The lowest BCUT2D eigenvalue weighted by Crippen LogP contribution is -2.50. The first-order valence-electron chi connectivity index (χ1n) is 6.97. The van der Waals surface area contributed by atoms with E-state index in [1.54, 1.807) is 0 Å². The van der Waals surface area contributed by atoms with Gasteiger partial charge in [0.1, 0.15) is 0 Å². The minimum Gasteiger partial charge on any atom is -0.310 e. The van der Waals surface area contributed by atoms with Gasteiger partial charge in [0.15, 0.2) is 0 Å². The van der Waals surface area contributed by atoms with Gasteiger partial charge in [0.2, 0.25) is 0 Å². The molecule has 0 saturated carbocycles. The van der Waals surface area contributed by atoms with E-state index in [1.165, 1.54) is 11.1 Å². The van der Waals surface area contributed by atoms with E-state index in [0.29, 0.717) is 12.1 Å². The second-order valence-electron chi connectivity index (χ2n) is 5.17. The molecule has 1 fully saturated rings. The summed E-state index contributed by atoms with van der Waals surface area (Å²) in [7, 11) is 0. The van der Waals surface area contributed by atoms with Crippen molar-refractivity contribution in [1.82, 2.24) is 10.6 Å². The van der Waals surface area contributed by atoms with Crippen LogP contribution in [-0.4, -0.2) is 19.1 Å². The topological polar surface area (TPSA) is 24.1 Å². The second-order valence-corrected chi connectivity index (χ2v) is 5.17. The molecular formula is C17H20N2. The van der Waals surface area contributed by atoms with Crippen molar-refractivity contribution in [3.63, 3.8) is 0 Å². The quantitative estimate of drug-likeness (QED) is 0.877. The molecule has 1 aliphatic heterocycles. The number of nitrogens with one attached hydrogen (secondary N) is 2. The van der Waals surface area contributed by atoms with Crippen LogP contribution in [0.5, 0.6) is 0 Å². The lowest BCUT2D eigenvalue weighted by atomic mass is 10.00. The lowest BCUT2D eigenvalue weighted by molar-refractivity contribution is 0.349. The van der Waals surface area contributed by atoms with Gasteiger partial charge in [-0.1, -0.05) is 60.7 Å². The summed E-state index contributed by atoms with van der Waals surface area (Å²) in [5.74, 6) is 0. The zero-order valence-electron chi connectivity index (χ0n) is 11.0. The molecule has 2 N–H and O–H groups in total. The van der Waals surface area contributed by atoms with Crippen LogP contribution in [0.3, 0.4) is 0 Å². The SMILES string of the molecule is c1ccc(CC2CNC(c3ccccc3)CN2)cc1. The zero-order valence-corrected chi connectivity index (χ0v) is 11.0. The zero-order chi connectivity index (χ0) is 12.9. The van der Waals surface area contributed by atoms with E-state index in [2.05, 4.69) is 71.3 Å². The first kappa shape index (κ1) is 12.4. The summed E-state index contributed by atoms with van der Waals surface area (Å²) >= 11 is 0. The van der Waals surface area contributed by atoms with Crippen molar-refractivity contribution in [2.75, 3.05) is 13.1 Å². The van der Waals surface area contributed by atoms with Crippen molar-refractivity contribution >= 4 is 0 Å². The number of hydrogen-bond acceptors (Lipinski definition) is 2. The van der Waals surface area contributed by atoms with Crippen LogP contribution in [0.1, 0.15) is 17.2 Å². The third-order valence-electron chi connectivity index (χ3n) is 3.75. The molecule has 2 unspecified atom stereocenters. The lowest BCUT2D eigenvalue weighted by Gasteiger charge is -2.31. The predicted octanol–water partition coefficient (Wildman–Crippen LogP) is 2.53. The van der Waals surface area contributed by atoms with Gasteiger partial charge in [-0.3, -0.25) is 0 Å². The Balaban J connectivity index is 1.55. The minimum absolute atomic E-state index is 0.438.